The molecule has 0 heterocycles. The Morgan fingerprint density at radius 3 is 2.17 bits per heavy atom. The number of aryl methyl sites for hydroxylation is 1. The first-order valence-corrected chi connectivity index (χ1v) is 11.2. The highest BCUT2D eigenvalue weighted by Gasteiger charge is 2.42. The van der Waals surface area contributed by atoms with E-state index in [9.17, 15) is 4.79 Å². The summed E-state index contributed by atoms with van der Waals surface area (Å²) in [6, 6.07) is 12.6. The Balaban J connectivity index is 2.01. The predicted molar refractivity (Wildman–Crippen MR) is 127 cm³/mol. The fourth-order valence-corrected chi connectivity index (χ4v) is 5.16. The standard InChI is InChI=1S/C28H36O2/c1-8-10-22-16-24-25(28(6,7)18-27(24,4)5)17-23(22)19(3)15-20-11-13-21(14-12-20)26(29)30-9-2/h11-17H,8-10,18H2,1-7H3. The summed E-state index contributed by atoms with van der Waals surface area (Å²) in [4.78, 5) is 11.9. The van der Waals surface area contributed by atoms with E-state index in [-0.39, 0.29) is 16.8 Å². The highest BCUT2D eigenvalue weighted by atomic mass is 16.5. The number of carbonyl (C=O) groups is 1. The van der Waals surface area contributed by atoms with Gasteiger partial charge in [0, 0.05) is 0 Å². The molecule has 0 atom stereocenters. The minimum atomic E-state index is -0.265. The van der Waals surface area contributed by atoms with E-state index in [2.05, 4.69) is 59.8 Å². The van der Waals surface area contributed by atoms with Crippen molar-refractivity contribution in [1.82, 2.24) is 0 Å². The van der Waals surface area contributed by atoms with Gasteiger partial charge in [0.1, 0.15) is 0 Å². The Kier molecular flexibility index (Phi) is 6.26. The van der Waals surface area contributed by atoms with Crippen molar-refractivity contribution in [2.24, 2.45) is 0 Å². The first-order valence-electron chi connectivity index (χ1n) is 11.2. The Hall–Kier alpha value is -2.35. The maximum Gasteiger partial charge on any atom is 0.338 e. The van der Waals surface area contributed by atoms with Gasteiger partial charge < -0.3 is 4.74 Å². The highest BCUT2D eigenvalue weighted by molar-refractivity contribution is 5.90. The van der Waals surface area contributed by atoms with Crippen LogP contribution in [0, 0.1) is 0 Å². The summed E-state index contributed by atoms with van der Waals surface area (Å²) in [5, 5.41) is 0. The molecule has 1 aliphatic rings. The van der Waals surface area contributed by atoms with E-state index in [4.69, 9.17) is 4.74 Å². The molecule has 0 saturated heterocycles. The van der Waals surface area contributed by atoms with Gasteiger partial charge in [-0.1, -0.05) is 71.4 Å². The number of carbonyl (C=O) groups excluding carboxylic acids is 1. The fraction of sp³-hybridized carbons (Fsp3) is 0.464. The Labute approximate surface area is 182 Å². The molecule has 0 bridgehead atoms. The first kappa shape index (κ1) is 22.3. The molecule has 0 aromatic heterocycles. The van der Waals surface area contributed by atoms with Crippen molar-refractivity contribution in [1.29, 1.82) is 0 Å². The van der Waals surface area contributed by atoms with Crippen LogP contribution in [0.5, 0.6) is 0 Å². The van der Waals surface area contributed by atoms with Crippen LogP contribution in [-0.2, 0) is 22.0 Å². The lowest BCUT2D eigenvalue weighted by atomic mass is 9.82. The number of benzene rings is 2. The first-order chi connectivity index (χ1) is 14.1. The van der Waals surface area contributed by atoms with Gasteiger partial charge in [0.2, 0.25) is 0 Å². The molecule has 2 nitrogen and oxygen atoms in total. The summed E-state index contributed by atoms with van der Waals surface area (Å²) >= 11 is 0. The minimum absolute atomic E-state index is 0.194. The summed E-state index contributed by atoms with van der Waals surface area (Å²) in [5.41, 5.74) is 9.20. The number of ether oxygens (including phenoxy) is 1. The van der Waals surface area contributed by atoms with Gasteiger partial charge in [0.05, 0.1) is 12.2 Å². The van der Waals surface area contributed by atoms with Crippen molar-refractivity contribution in [3.05, 3.63) is 69.8 Å². The summed E-state index contributed by atoms with van der Waals surface area (Å²) in [5.74, 6) is -0.265. The van der Waals surface area contributed by atoms with Crippen molar-refractivity contribution in [3.63, 3.8) is 0 Å². The average Bonchev–Trinajstić information content (AvgIpc) is 2.85. The van der Waals surface area contributed by atoms with Crippen LogP contribution in [0.4, 0.5) is 0 Å². The van der Waals surface area contributed by atoms with E-state index in [0.29, 0.717) is 12.2 Å². The summed E-state index contributed by atoms with van der Waals surface area (Å²) in [6.45, 7) is 16.2. The second-order valence-electron chi connectivity index (χ2n) is 9.92. The number of rotatable bonds is 6. The quantitative estimate of drug-likeness (QED) is 0.372. The predicted octanol–water partition coefficient (Wildman–Crippen LogP) is 7.34. The summed E-state index contributed by atoms with van der Waals surface area (Å²) < 4.78 is 5.09. The topological polar surface area (TPSA) is 26.3 Å². The Bertz CT molecular complexity index is 959. The largest absolute Gasteiger partial charge is 0.462 e. The molecule has 0 aliphatic heterocycles. The second-order valence-corrected chi connectivity index (χ2v) is 9.92. The Morgan fingerprint density at radius 2 is 1.60 bits per heavy atom. The molecule has 0 spiro atoms. The molecule has 0 amide bonds. The van der Waals surface area contributed by atoms with Gasteiger partial charge in [-0.2, -0.15) is 0 Å². The van der Waals surface area contributed by atoms with Crippen LogP contribution >= 0.6 is 0 Å². The molecule has 2 aromatic carbocycles. The average molecular weight is 405 g/mol. The lowest BCUT2D eigenvalue weighted by molar-refractivity contribution is 0.0526. The third kappa shape index (κ3) is 4.38. The maximum atomic E-state index is 11.9. The van der Waals surface area contributed by atoms with Crippen LogP contribution in [0.1, 0.15) is 99.5 Å². The van der Waals surface area contributed by atoms with Gasteiger partial charge in [-0.15, -0.1) is 0 Å². The second kappa shape index (κ2) is 8.41. The van der Waals surface area contributed by atoms with Crippen molar-refractivity contribution >= 4 is 17.6 Å². The zero-order valence-electron chi connectivity index (χ0n) is 19.7. The van der Waals surface area contributed by atoms with Crippen molar-refractivity contribution in [2.75, 3.05) is 6.61 Å². The van der Waals surface area contributed by atoms with Crippen molar-refractivity contribution < 1.29 is 9.53 Å². The molecule has 0 saturated carbocycles. The molecule has 160 valence electrons. The van der Waals surface area contributed by atoms with E-state index < -0.39 is 0 Å². The molecule has 3 rings (SSSR count). The third-order valence-electron chi connectivity index (χ3n) is 6.33. The molecule has 0 unspecified atom stereocenters. The molecule has 0 radical (unpaired) electrons. The molecular weight excluding hydrogens is 368 g/mol. The van der Waals surface area contributed by atoms with E-state index in [1.807, 2.05) is 31.2 Å². The van der Waals surface area contributed by atoms with Gasteiger partial charge in [-0.3, -0.25) is 0 Å². The van der Waals surface area contributed by atoms with Gasteiger partial charge in [-0.05, 0) is 83.0 Å². The molecule has 30 heavy (non-hydrogen) atoms. The maximum absolute atomic E-state index is 11.9. The third-order valence-corrected chi connectivity index (χ3v) is 6.33. The van der Waals surface area contributed by atoms with Crippen molar-refractivity contribution in [2.45, 2.75) is 78.6 Å². The molecule has 0 fully saturated rings. The molecule has 0 N–H and O–H groups in total. The van der Waals surface area contributed by atoms with Crippen LogP contribution in [0.2, 0.25) is 0 Å². The smallest absolute Gasteiger partial charge is 0.338 e. The van der Waals surface area contributed by atoms with E-state index in [1.54, 1.807) is 0 Å². The SMILES string of the molecule is CCCc1cc2c(cc1C(C)=Cc1ccc(C(=O)OCC)cc1)C(C)(C)CC2(C)C. The number of hydrogen-bond donors (Lipinski definition) is 0. The number of hydrogen-bond acceptors (Lipinski definition) is 2. The van der Waals surface area contributed by atoms with Crippen molar-refractivity contribution in [3.8, 4) is 0 Å². The molecule has 2 heteroatoms. The van der Waals surface area contributed by atoms with Crippen LogP contribution in [0.15, 0.2) is 36.4 Å². The minimum Gasteiger partial charge on any atom is -0.462 e. The summed E-state index contributed by atoms with van der Waals surface area (Å²) in [6.07, 6.45) is 5.63. The fourth-order valence-electron chi connectivity index (χ4n) is 5.16. The van der Waals surface area contributed by atoms with Crippen LogP contribution in [0.3, 0.4) is 0 Å². The summed E-state index contributed by atoms with van der Waals surface area (Å²) in [7, 11) is 0. The van der Waals surface area contributed by atoms with Crippen LogP contribution in [0.25, 0.3) is 11.6 Å². The molecule has 2 aromatic rings. The van der Waals surface area contributed by atoms with Crippen LogP contribution in [-0.4, -0.2) is 12.6 Å². The van der Waals surface area contributed by atoms with E-state index in [0.717, 1.165) is 18.4 Å². The lowest BCUT2D eigenvalue weighted by Crippen LogP contribution is -2.18. The number of allylic oxidation sites excluding steroid dienone is 1. The Morgan fingerprint density at radius 1 is 1.00 bits per heavy atom. The number of fused-ring (bicyclic) bond motifs is 1. The molecule has 1 aliphatic carbocycles. The van der Waals surface area contributed by atoms with Gasteiger partial charge >= 0.3 is 5.97 Å². The monoisotopic (exact) mass is 404 g/mol. The van der Waals surface area contributed by atoms with Gasteiger partial charge in [0.25, 0.3) is 0 Å². The van der Waals surface area contributed by atoms with E-state index >= 15 is 0 Å². The molecular formula is C28H36O2. The number of esters is 1. The highest BCUT2D eigenvalue weighted by Crippen LogP contribution is 2.50. The van der Waals surface area contributed by atoms with E-state index in [1.165, 1.54) is 34.2 Å². The zero-order chi connectivity index (χ0) is 22.1. The van der Waals surface area contributed by atoms with Gasteiger partial charge in [0.15, 0.2) is 0 Å². The zero-order valence-corrected chi connectivity index (χ0v) is 19.7. The van der Waals surface area contributed by atoms with Crippen LogP contribution < -0.4 is 0 Å². The normalized spacial score (nSPS) is 17.0. The van der Waals surface area contributed by atoms with Gasteiger partial charge in [-0.25, -0.2) is 4.79 Å². The lowest BCUT2D eigenvalue weighted by Gasteiger charge is -2.22.